The Balaban J connectivity index is 2.24. The van der Waals surface area contributed by atoms with Crippen LogP contribution in [0.15, 0.2) is 0 Å². The van der Waals surface area contributed by atoms with E-state index in [1.165, 1.54) is 0 Å². The molecule has 0 bridgehead atoms. The fraction of sp³-hybridized carbons (Fsp3) is 0.750. The molecule has 2 rings (SSSR count). The number of hydrogen-bond donors (Lipinski definition) is 2. The van der Waals surface area contributed by atoms with Crippen molar-refractivity contribution in [3.05, 3.63) is 5.82 Å². The summed E-state index contributed by atoms with van der Waals surface area (Å²) in [6.45, 7) is 2.11. The molecule has 2 N–H and O–H groups in total. The van der Waals surface area contributed by atoms with Gasteiger partial charge in [-0.3, -0.25) is 0 Å². The number of nitrogens with zero attached hydrogens (tertiary/aromatic N) is 3. The monoisotopic (exact) mass is 181 g/mol. The van der Waals surface area contributed by atoms with Crippen molar-refractivity contribution in [2.75, 3.05) is 25.5 Å². The maximum absolute atomic E-state index is 4.18. The summed E-state index contributed by atoms with van der Waals surface area (Å²) in [6, 6.07) is 0. The minimum atomic E-state index is 0.527. The highest BCUT2D eigenvalue weighted by Gasteiger charge is 2.22. The molecule has 1 aromatic heterocycles. The predicted molar refractivity (Wildman–Crippen MR) is 50.8 cm³/mol. The van der Waals surface area contributed by atoms with Crippen LogP contribution in [0.25, 0.3) is 0 Å². The second kappa shape index (κ2) is 3.33. The molecule has 1 saturated heterocycles. The summed E-state index contributed by atoms with van der Waals surface area (Å²) in [6.07, 6.45) is 1.16. The number of anilines is 1. The van der Waals surface area contributed by atoms with E-state index in [1.54, 1.807) is 0 Å². The first-order valence-electron chi connectivity index (χ1n) is 4.60. The van der Waals surface area contributed by atoms with Gasteiger partial charge in [0.05, 0.1) is 0 Å². The molecule has 1 fully saturated rings. The molecule has 2 heterocycles. The minimum absolute atomic E-state index is 0.527. The van der Waals surface area contributed by atoms with Gasteiger partial charge in [0, 0.05) is 26.6 Å². The van der Waals surface area contributed by atoms with Gasteiger partial charge in [-0.15, -0.1) is 10.2 Å². The van der Waals surface area contributed by atoms with E-state index in [-0.39, 0.29) is 0 Å². The van der Waals surface area contributed by atoms with Gasteiger partial charge in [-0.2, -0.15) is 0 Å². The zero-order valence-electron chi connectivity index (χ0n) is 8.04. The van der Waals surface area contributed by atoms with Crippen molar-refractivity contribution in [3.8, 4) is 0 Å². The normalized spacial score (nSPS) is 22.2. The second-order valence-electron chi connectivity index (χ2n) is 3.38. The van der Waals surface area contributed by atoms with Crippen LogP contribution in [-0.2, 0) is 7.05 Å². The molecule has 5 heteroatoms. The molecule has 5 nitrogen and oxygen atoms in total. The lowest BCUT2D eigenvalue weighted by Crippen LogP contribution is -2.11. The van der Waals surface area contributed by atoms with Crippen molar-refractivity contribution < 1.29 is 0 Å². The first-order chi connectivity index (χ1) is 6.33. The quantitative estimate of drug-likeness (QED) is 0.671. The molecule has 0 radical (unpaired) electrons. The Morgan fingerprint density at radius 1 is 1.54 bits per heavy atom. The summed E-state index contributed by atoms with van der Waals surface area (Å²) in [7, 11) is 3.86. The third kappa shape index (κ3) is 1.39. The number of nitrogens with one attached hydrogen (secondary N) is 2. The van der Waals surface area contributed by atoms with Crippen molar-refractivity contribution in [1.82, 2.24) is 20.1 Å². The zero-order chi connectivity index (χ0) is 9.26. The summed E-state index contributed by atoms with van der Waals surface area (Å²) in [4.78, 5) is 0. The van der Waals surface area contributed by atoms with Gasteiger partial charge in [0.25, 0.3) is 0 Å². The summed E-state index contributed by atoms with van der Waals surface area (Å²) >= 11 is 0. The Kier molecular flexibility index (Phi) is 2.18. The average molecular weight is 181 g/mol. The van der Waals surface area contributed by atoms with Gasteiger partial charge in [-0.05, 0) is 13.0 Å². The summed E-state index contributed by atoms with van der Waals surface area (Å²) in [5, 5.41) is 14.6. The van der Waals surface area contributed by atoms with Crippen molar-refractivity contribution in [3.63, 3.8) is 0 Å². The van der Waals surface area contributed by atoms with Gasteiger partial charge >= 0.3 is 0 Å². The van der Waals surface area contributed by atoms with Crippen molar-refractivity contribution in [2.24, 2.45) is 7.05 Å². The maximum Gasteiger partial charge on any atom is 0.224 e. The van der Waals surface area contributed by atoms with E-state index < -0.39 is 0 Å². The summed E-state index contributed by atoms with van der Waals surface area (Å²) in [5.74, 6) is 2.44. The van der Waals surface area contributed by atoms with Gasteiger partial charge < -0.3 is 15.2 Å². The predicted octanol–water partition coefficient (Wildman–Crippen LogP) is -0.0663. The van der Waals surface area contributed by atoms with Crippen LogP contribution in [0.5, 0.6) is 0 Å². The lowest BCUT2D eigenvalue weighted by Gasteiger charge is -2.07. The average Bonchev–Trinajstić information content (AvgIpc) is 2.72. The molecule has 0 spiro atoms. The van der Waals surface area contributed by atoms with Gasteiger partial charge in [0.1, 0.15) is 5.82 Å². The van der Waals surface area contributed by atoms with E-state index in [1.807, 2.05) is 18.7 Å². The molecule has 0 aliphatic carbocycles. The molecule has 1 aliphatic heterocycles. The van der Waals surface area contributed by atoms with Crippen molar-refractivity contribution >= 4 is 5.95 Å². The first-order valence-corrected chi connectivity index (χ1v) is 4.60. The molecule has 0 aromatic carbocycles. The fourth-order valence-corrected chi connectivity index (χ4v) is 1.79. The molecule has 0 amide bonds. The Labute approximate surface area is 77.5 Å². The van der Waals surface area contributed by atoms with Crippen LogP contribution < -0.4 is 10.6 Å². The van der Waals surface area contributed by atoms with E-state index in [4.69, 9.17) is 0 Å². The third-order valence-corrected chi connectivity index (χ3v) is 2.56. The standard InChI is InChI=1S/C8H15N5/c1-9-8-12-11-7(13(8)2)6-3-4-10-5-6/h6,10H,3-5H2,1-2H3,(H,9,12). The van der Waals surface area contributed by atoms with E-state index in [9.17, 15) is 0 Å². The van der Waals surface area contributed by atoms with E-state index in [0.717, 1.165) is 31.3 Å². The van der Waals surface area contributed by atoms with E-state index in [0.29, 0.717) is 5.92 Å². The zero-order valence-corrected chi connectivity index (χ0v) is 8.04. The van der Waals surface area contributed by atoms with Gasteiger partial charge in [0.2, 0.25) is 5.95 Å². The fourth-order valence-electron chi connectivity index (χ4n) is 1.79. The highest BCUT2D eigenvalue weighted by atomic mass is 15.3. The van der Waals surface area contributed by atoms with Crippen LogP contribution in [0, 0.1) is 0 Å². The van der Waals surface area contributed by atoms with Gasteiger partial charge in [-0.25, -0.2) is 0 Å². The smallest absolute Gasteiger partial charge is 0.224 e. The lowest BCUT2D eigenvalue weighted by molar-refractivity contribution is 0.659. The summed E-state index contributed by atoms with van der Waals surface area (Å²) < 4.78 is 2.03. The molecular formula is C8H15N5. The second-order valence-corrected chi connectivity index (χ2v) is 3.38. The van der Waals surface area contributed by atoms with Crippen LogP contribution in [-0.4, -0.2) is 34.9 Å². The van der Waals surface area contributed by atoms with E-state index >= 15 is 0 Å². The topological polar surface area (TPSA) is 54.8 Å². The van der Waals surface area contributed by atoms with Gasteiger partial charge in [-0.1, -0.05) is 0 Å². The Morgan fingerprint density at radius 3 is 2.92 bits per heavy atom. The SMILES string of the molecule is CNc1nnc(C2CCNC2)n1C. The maximum atomic E-state index is 4.18. The number of rotatable bonds is 2. The molecule has 72 valence electrons. The van der Waals surface area contributed by atoms with Crippen LogP contribution >= 0.6 is 0 Å². The molecule has 1 aliphatic rings. The molecule has 1 unspecified atom stereocenters. The largest absolute Gasteiger partial charge is 0.357 e. The first kappa shape index (κ1) is 8.50. The van der Waals surface area contributed by atoms with Crippen LogP contribution in [0.1, 0.15) is 18.2 Å². The lowest BCUT2D eigenvalue weighted by atomic mass is 10.1. The van der Waals surface area contributed by atoms with Gasteiger partial charge in [0.15, 0.2) is 0 Å². The molecule has 1 atom stereocenters. The van der Waals surface area contributed by atoms with Crippen molar-refractivity contribution in [1.29, 1.82) is 0 Å². The number of aromatic nitrogens is 3. The third-order valence-electron chi connectivity index (χ3n) is 2.56. The Morgan fingerprint density at radius 2 is 2.38 bits per heavy atom. The van der Waals surface area contributed by atoms with Crippen molar-refractivity contribution in [2.45, 2.75) is 12.3 Å². The highest BCUT2D eigenvalue weighted by Crippen LogP contribution is 2.21. The molecular weight excluding hydrogens is 166 g/mol. The van der Waals surface area contributed by atoms with E-state index in [2.05, 4.69) is 20.8 Å². The van der Waals surface area contributed by atoms with Crippen LogP contribution in [0.2, 0.25) is 0 Å². The highest BCUT2D eigenvalue weighted by molar-refractivity contribution is 5.25. The minimum Gasteiger partial charge on any atom is -0.357 e. The molecule has 1 aromatic rings. The summed E-state index contributed by atoms with van der Waals surface area (Å²) in [5.41, 5.74) is 0. The number of hydrogen-bond acceptors (Lipinski definition) is 4. The van der Waals surface area contributed by atoms with Crippen LogP contribution in [0.4, 0.5) is 5.95 Å². The molecule has 0 saturated carbocycles. The Hall–Kier alpha value is -1.10. The Bertz CT molecular complexity index is 287. The van der Waals surface area contributed by atoms with Crippen LogP contribution in [0.3, 0.4) is 0 Å². The molecule has 13 heavy (non-hydrogen) atoms.